The first kappa shape index (κ1) is 18.0. The lowest BCUT2D eigenvalue weighted by Gasteiger charge is -2.27. The van der Waals surface area contributed by atoms with Crippen LogP contribution in [0.3, 0.4) is 0 Å². The maximum Gasteiger partial charge on any atom is 0.417 e. The van der Waals surface area contributed by atoms with Gasteiger partial charge in [-0.05, 0) is 19.1 Å². The standard InChI is InChI=1S/C20H21F3N4/c1-14-2-4-15(5-3-14)19-17(13-26-10-8-24-9-11-26)27-12-16(20(21,22)23)6-7-18(27)25-19/h2-7,12,24H,8-11,13H2,1H3. The molecule has 1 N–H and O–H groups in total. The van der Waals surface area contributed by atoms with Crippen LogP contribution in [-0.4, -0.2) is 40.5 Å². The van der Waals surface area contributed by atoms with Crippen molar-refractivity contribution in [2.75, 3.05) is 26.2 Å². The minimum atomic E-state index is -4.38. The molecule has 0 aliphatic carbocycles. The molecule has 1 aromatic carbocycles. The van der Waals surface area contributed by atoms with Gasteiger partial charge in [0, 0.05) is 44.5 Å². The maximum absolute atomic E-state index is 13.2. The molecule has 1 aliphatic rings. The Hall–Kier alpha value is -2.38. The number of hydrogen-bond acceptors (Lipinski definition) is 3. The number of fused-ring (bicyclic) bond motifs is 1. The van der Waals surface area contributed by atoms with Gasteiger partial charge in [0.05, 0.1) is 17.0 Å². The largest absolute Gasteiger partial charge is 0.417 e. The fourth-order valence-electron chi connectivity index (χ4n) is 3.44. The first-order chi connectivity index (χ1) is 12.9. The number of rotatable bonds is 3. The number of piperazine rings is 1. The van der Waals surface area contributed by atoms with E-state index in [0.29, 0.717) is 12.2 Å². The second-order valence-electron chi connectivity index (χ2n) is 6.94. The molecule has 0 spiro atoms. The summed E-state index contributed by atoms with van der Waals surface area (Å²) >= 11 is 0. The lowest BCUT2D eigenvalue weighted by atomic mass is 10.1. The number of imidazole rings is 1. The molecule has 3 aromatic rings. The Morgan fingerprint density at radius 3 is 2.41 bits per heavy atom. The molecule has 4 rings (SSSR count). The molecule has 4 nitrogen and oxygen atoms in total. The average molecular weight is 374 g/mol. The maximum atomic E-state index is 13.2. The molecule has 1 saturated heterocycles. The molecule has 1 aliphatic heterocycles. The number of nitrogens with one attached hydrogen (secondary N) is 1. The van der Waals surface area contributed by atoms with E-state index in [9.17, 15) is 13.2 Å². The molecular weight excluding hydrogens is 353 g/mol. The first-order valence-corrected chi connectivity index (χ1v) is 9.00. The third-order valence-electron chi connectivity index (χ3n) is 4.95. The number of hydrogen-bond donors (Lipinski definition) is 1. The SMILES string of the molecule is Cc1ccc(-c2nc3ccc(C(F)(F)F)cn3c2CN2CCNCC2)cc1. The molecule has 0 bridgehead atoms. The highest BCUT2D eigenvalue weighted by atomic mass is 19.4. The van der Waals surface area contributed by atoms with Crippen molar-refractivity contribution in [2.45, 2.75) is 19.6 Å². The number of nitrogens with zero attached hydrogens (tertiary/aromatic N) is 3. The Balaban J connectivity index is 1.84. The van der Waals surface area contributed by atoms with E-state index in [4.69, 9.17) is 0 Å². The zero-order valence-electron chi connectivity index (χ0n) is 15.1. The molecule has 0 atom stereocenters. The van der Waals surface area contributed by atoms with Crippen molar-refractivity contribution >= 4 is 5.65 Å². The molecule has 7 heteroatoms. The van der Waals surface area contributed by atoms with Gasteiger partial charge in [-0.15, -0.1) is 0 Å². The summed E-state index contributed by atoms with van der Waals surface area (Å²) in [6.07, 6.45) is -3.22. The Labute approximate surface area is 155 Å². The molecule has 142 valence electrons. The highest BCUT2D eigenvalue weighted by Gasteiger charge is 2.31. The number of alkyl halides is 3. The fourth-order valence-corrected chi connectivity index (χ4v) is 3.44. The van der Waals surface area contributed by atoms with Crippen LogP contribution in [0.2, 0.25) is 0 Å². The minimum absolute atomic E-state index is 0.531. The lowest BCUT2D eigenvalue weighted by molar-refractivity contribution is -0.137. The zero-order chi connectivity index (χ0) is 19.0. The van der Waals surface area contributed by atoms with Gasteiger partial charge in [-0.25, -0.2) is 4.98 Å². The Morgan fingerprint density at radius 1 is 1.04 bits per heavy atom. The summed E-state index contributed by atoms with van der Waals surface area (Å²) in [7, 11) is 0. The predicted octanol–water partition coefficient (Wildman–Crippen LogP) is 3.73. The third-order valence-corrected chi connectivity index (χ3v) is 4.95. The van der Waals surface area contributed by atoms with Gasteiger partial charge in [0.25, 0.3) is 0 Å². The van der Waals surface area contributed by atoms with Crippen molar-refractivity contribution in [3.05, 3.63) is 59.4 Å². The molecule has 0 radical (unpaired) electrons. The number of aromatic nitrogens is 2. The summed E-state index contributed by atoms with van der Waals surface area (Å²) in [5.41, 5.74) is 3.45. The second kappa shape index (κ2) is 6.98. The van der Waals surface area contributed by atoms with Crippen LogP contribution in [0.4, 0.5) is 13.2 Å². The van der Waals surface area contributed by atoms with Gasteiger partial charge in [-0.3, -0.25) is 4.90 Å². The van der Waals surface area contributed by atoms with Gasteiger partial charge in [-0.1, -0.05) is 29.8 Å². The topological polar surface area (TPSA) is 32.6 Å². The van der Waals surface area contributed by atoms with E-state index in [1.807, 2.05) is 31.2 Å². The summed E-state index contributed by atoms with van der Waals surface area (Å²) in [6.45, 7) is 6.05. The van der Waals surface area contributed by atoms with Crippen molar-refractivity contribution in [1.29, 1.82) is 0 Å². The van der Waals surface area contributed by atoms with Crippen LogP contribution in [0.25, 0.3) is 16.9 Å². The highest BCUT2D eigenvalue weighted by Crippen LogP contribution is 2.32. The van der Waals surface area contributed by atoms with Crippen LogP contribution in [-0.2, 0) is 12.7 Å². The zero-order valence-corrected chi connectivity index (χ0v) is 15.1. The van der Waals surface area contributed by atoms with E-state index in [1.54, 1.807) is 4.40 Å². The number of pyridine rings is 1. The smallest absolute Gasteiger partial charge is 0.314 e. The third kappa shape index (κ3) is 3.70. The Morgan fingerprint density at radius 2 is 1.74 bits per heavy atom. The van der Waals surface area contributed by atoms with Gasteiger partial charge in [0.1, 0.15) is 5.65 Å². The van der Waals surface area contributed by atoms with Gasteiger partial charge in [0.15, 0.2) is 0 Å². The van der Waals surface area contributed by atoms with Crippen molar-refractivity contribution in [3.8, 4) is 11.3 Å². The number of benzene rings is 1. The number of aryl methyl sites for hydroxylation is 1. The van der Waals surface area contributed by atoms with Crippen LogP contribution in [0, 0.1) is 6.92 Å². The van der Waals surface area contributed by atoms with Crippen molar-refractivity contribution in [2.24, 2.45) is 0 Å². The quantitative estimate of drug-likeness (QED) is 0.758. The number of halogens is 3. The summed E-state index contributed by atoms with van der Waals surface area (Å²) in [4.78, 5) is 6.90. The second-order valence-corrected chi connectivity index (χ2v) is 6.94. The highest BCUT2D eigenvalue weighted by molar-refractivity contribution is 5.67. The van der Waals surface area contributed by atoms with Gasteiger partial charge >= 0.3 is 6.18 Å². The van der Waals surface area contributed by atoms with Crippen LogP contribution in [0.15, 0.2) is 42.6 Å². The Kier molecular flexibility index (Phi) is 4.65. The average Bonchev–Trinajstić information content (AvgIpc) is 3.00. The molecule has 1 fully saturated rings. The van der Waals surface area contributed by atoms with Crippen LogP contribution < -0.4 is 5.32 Å². The van der Waals surface area contributed by atoms with Crippen molar-refractivity contribution in [1.82, 2.24) is 19.6 Å². The van der Waals surface area contributed by atoms with Crippen LogP contribution >= 0.6 is 0 Å². The van der Waals surface area contributed by atoms with Gasteiger partial charge < -0.3 is 9.72 Å². The minimum Gasteiger partial charge on any atom is -0.314 e. The lowest BCUT2D eigenvalue weighted by Crippen LogP contribution is -2.43. The molecule has 0 amide bonds. The van der Waals surface area contributed by atoms with E-state index < -0.39 is 11.7 Å². The van der Waals surface area contributed by atoms with Crippen molar-refractivity contribution < 1.29 is 13.2 Å². The molecule has 27 heavy (non-hydrogen) atoms. The molecule has 2 aromatic heterocycles. The van der Waals surface area contributed by atoms with Crippen molar-refractivity contribution in [3.63, 3.8) is 0 Å². The monoisotopic (exact) mass is 374 g/mol. The van der Waals surface area contributed by atoms with Crippen LogP contribution in [0.1, 0.15) is 16.8 Å². The Bertz CT molecular complexity index is 938. The molecule has 3 heterocycles. The van der Waals surface area contributed by atoms with E-state index >= 15 is 0 Å². The summed E-state index contributed by atoms with van der Waals surface area (Å²) in [5.74, 6) is 0. The summed E-state index contributed by atoms with van der Waals surface area (Å²) in [5, 5.41) is 3.30. The normalized spacial score (nSPS) is 16.1. The van der Waals surface area contributed by atoms with E-state index in [2.05, 4.69) is 15.2 Å². The summed E-state index contributed by atoms with van der Waals surface area (Å²) in [6, 6.07) is 10.5. The first-order valence-electron chi connectivity index (χ1n) is 9.00. The molecule has 0 saturated carbocycles. The fraction of sp³-hybridized carbons (Fsp3) is 0.350. The molecular formula is C20H21F3N4. The van der Waals surface area contributed by atoms with E-state index in [0.717, 1.165) is 61.0 Å². The molecule has 0 unspecified atom stereocenters. The van der Waals surface area contributed by atoms with E-state index in [-0.39, 0.29) is 0 Å². The van der Waals surface area contributed by atoms with Gasteiger partial charge in [0.2, 0.25) is 0 Å². The van der Waals surface area contributed by atoms with E-state index in [1.165, 1.54) is 6.07 Å². The predicted molar refractivity (Wildman–Crippen MR) is 98.5 cm³/mol. The summed E-state index contributed by atoms with van der Waals surface area (Å²) < 4.78 is 41.3. The van der Waals surface area contributed by atoms with Crippen LogP contribution in [0.5, 0.6) is 0 Å². The van der Waals surface area contributed by atoms with Gasteiger partial charge in [-0.2, -0.15) is 13.2 Å².